The second kappa shape index (κ2) is 8.87. The predicted molar refractivity (Wildman–Crippen MR) is 125 cm³/mol. The van der Waals surface area contributed by atoms with Crippen LogP contribution in [-0.2, 0) is 11.3 Å². The van der Waals surface area contributed by atoms with E-state index in [0.717, 1.165) is 49.6 Å². The number of fused-ring (bicyclic) bond motifs is 3. The molecule has 1 atom stereocenters. The van der Waals surface area contributed by atoms with Crippen LogP contribution >= 0.6 is 0 Å². The molecule has 172 valence electrons. The number of benzene rings is 1. The molecule has 1 aliphatic heterocycles. The van der Waals surface area contributed by atoms with Crippen molar-refractivity contribution in [2.24, 2.45) is 0 Å². The average Bonchev–Trinajstić information content (AvgIpc) is 2.99. The van der Waals surface area contributed by atoms with Gasteiger partial charge in [-0.3, -0.25) is 9.59 Å². The number of carbonyl (C=O) groups excluding carboxylic acids is 2. The van der Waals surface area contributed by atoms with Crippen molar-refractivity contribution in [2.75, 3.05) is 0 Å². The van der Waals surface area contributed by atoms with E-state index in [1.807, 2.05) is 40.7 Å². The van der Waals surface area contributed by atoms with Gasteiger partial charge in [0.25, 0.3) is 5.91 Å². The molecule has 5 rings (SSSR count). The van der Waals surface area contributed by atoms with Gasteiger partial charge in [-0.1, -0.05) is 63.5 Å². The van der Waals surface area contributed by atoms with Crippen molar-refractivity contribution in [3.05, 3.63) is 30.1 Å². The third kappa shape index (κ3) is 3.82. The molecule has 2 saturated carbocycles. The summed E-state index contributed by atoms with van der Waals surface area (Å²) in [6.07, 6.45) is 13.5. The molecule has 0 unspecified atom stereocenters. The molecular formula is C26H36N4O2. The van der Waals surface area contributed by atoms with Gasteiger partial charge in [-0.05, 0) is 44.7 Å². The minimum atomic E-state index is -0.908. The smallest absolute Gasteiger partial charge is 0.291 e. The minimum absolute atomic E-state index is 0.00503. The third-order valence-electron chi connectivity index (χ3n) is 7.93. The summed E-state index contributed by atoms with van der Waals surface area (Å²) >= 11 is 0. The number of aromatic nitrogens is 2. The highest BCUT2D eigenvalue weighted by Gasteiger charge is 2.51. The minimum Gasteiger partial charge on any atom is -0.351 e. The first-order valence-electron chi connectivity index (χ1n) is 12.7. The summed E-state index contributed by atoms with van der Waals surface area (Å²) < 4.78 is 1.98. The van der Waals surface area contributed by atoms with Crippen molar-refractivity contribution in [2.45, 2.75) is 108 Å². The zero-order chi connectivity index (χ0) is 22.1. The van der Waals surface area contributed by atoms with Crippen LogP contribution < -0.4 is 5.32 Å². The predicted octanol–water partition coefficient (Wildman–Crippen LogP) is 4.81. The van der Waals surface area contributed by atoms with Gasteiger partial charge in [0.05, 0.1) is 17.6 Å². The molecular weight excluding hydrogens is 400 g/mol. The van der Waals surface area contributed by atoms with Crippen LogP contribution in [-0.4, -0.2) is 43.9 Å². The molecule has 2 aromatic rings. The summed E-state index contributed by atoms with van der Waals surface area (Å²) in [6.45, 7) is 2.45. The largest absolute Gasteiger partial charge is 0.351 e. The Hall–Kier alpha value is -2.37. The van der Waals surface area contributed by atoms with Gasteiger partial charge in [0.2, 0.25) is 5.91 Å². The maximum atomic E-state index is 13.9. The van der Waals surface area contributed by atoms with Crippen LogP contribution in [0, 0.1) is 0 Å². The fraction of sp³-hybridized carbons (Fsp3) is 0.654. The topological polar surface area (TPSA) is 67.2 Å². The van der Waals surface area contributed by atoms with E-state index < -0.39 is 5.54 Å². The summed E-state index contributed by atoms with van der Waals surface area (Å²) in [5, 5.41) is 3.38. The lowest BCUT2D eigenvalue weighted by atomic mass is 9.90. The molecule has 3 aliphatic rings. The highest BCUT2D eigenvalue weighted by atomic mass is 16.2. The monoisotopic (exact) mass is 436 g/mol. The second-order valence-corrected chi connectivity index (χ2v) is 10.3. The molecule has 32 heavy (non-hydrogen) atoms. The van der Waals surface area contributed by atoms with Gasteiger partial charge in [0.15, 0.2) is 5.82 Å². The van der Waals surface area contributed by atoms with E-state index in [1.54, 1.807) is 0 Å². The van der Waals surface area contributed by atoms with E-state index in [0.29, 0.717) is 12.4 Å². The number of carbonyl (C=O) groups is 2. The number of para-hydroxylation sites is 2. The lowest BCUT2D eigenvalue weighted by molar-refractivity contribution is -0.135. The lowest BCUT2D eigenvalue weighted by Crippen LogP contribution is -2.67. The number of nitrogens with zero attached hydrogens (tertiary/aromatic N) is 3. The Bertz CT molecular complexity index is 983. The molecule has 2 heterocycles. The normalized spacial score (nSPS) is 25.9. The van der Waals surface area contributed by atoms with Crippen LogP contribution in [0.2, 0.25) is 0 Å². The molecule has 2 aliphatic carbocycles. The molecule has 1 aromatic carbocycles. The van der Waals surface area contributed by atoms with E-state index in [-0.39, 0.29) is 23.9 Å². The summed E-state index contributed by atoms with van der Waals surface area (Å²) in [5.41, 5.74) is 0.851. The zero-order valence-electron chi connectivity index (χ0n) is 19.3. The molecule has 0 bridgehead atoms. The van der Waals surface area contributed by atoms with Crippen molar-refractivity contribution >= 4 is 22.8 Å². The maximum Gasteiger partial charge on any atom is 0.291 e. The number of imidazole rings is 1. The first-order valence-corrected chi connectivity index (χ1v) is 12.7. The van der Waals surface area contributed by atoms with Crippen molar-refractivity contribution in [1.29, 1.82) is 0 Å². The van der Waals surface area contributed by atoms with E-state index in [9.17, 15) is 9.59 Å². The number of nitrogens with one attached hydrogen (secondary N) is 1. The molecule has 6 heteroatoms. The molecule has 0 radical (unpaired) electrons. The van der Waals surface area contributed by atoms with Gasteiger partial charge in [0.1, 0.15) is 5.54 Å². The summed E-state index contributed by atoms with van der Waals surface area (Å²) in [6, 6.07) is 8.20. The zero-order valence-corrected chi connectivity index (χ0v) is 19.3. The number of rotatable bonds is 3. The SMILES string of the molecule is C[C@@]1(C(=O)NC2CCCCCC2)Cn2c(nc3ccccc32)C(=O)N1C1CCCCCC1. The van der Waals surface area contributed by atoms with Gasteiger partial charge in [-0.15, -0.1) is 0 Å². The Labute approximate surface area is 190 Å². The molecule has 2 fully saturated rings. The number of amides is 2. The Morgan fingerprint density at radius 2 is 1.59 bits per heavy atom. The van der Waals surface area contributed by atoms with E-state index in [4.69, 9.17) is 4.98 Å². The Morgan fingerprint density at radius 3 is 2.28 bits per heavy atom. The van der Waals surface area contributed by atoms with Gasteiger partial charge >= 0.3 is 0 Å². The number of hydrogen-bond acceptors (Lipinski definition) is 3. The van der Waals surface area contributed by atoms with Crippen molar-refractivity contribution in [3.63, 3.8) is 0 Å². The van der Waals surface area contributed by atoms with E-state index in [2.05, 4.69) is 5.32 Å². The molecule has 0 spiro atoms. The summed E-state index contributed by atoms with van der Waals surface area (Å²) in [7, 11) is 0. The second-order valence-electron chi connectivity index (χ2n) is 10.3. The molecule has 1 N–H and O–H groups in total. The standard InChI is InChI=1S/C26H36N4O2/c1-26(25(32)27-19-12-6-2-3-7-13-19)18-29-22-17-11-10-16-21(22)28-23(29)24(31)30(26)20-14-8-4-5-9-15-20/h10-11,16-17,19-20H,2-9,12-15,18H2,1H3,(H,27,32)/t26-/m0/s1. The van der Waals surface area contributed by atoms with Crippen LogP contribution in [0.5, 0.6) is 0 Å². The fourth-order valence-corrected chi connectivity index (χ4v) is 6.15. The molecule has 2 amide bonds. The first-order chi connectivity index (χ1) is 15.6. The van der Waals surface area contributed by atoms with Crippen molar-refractivity contribution < 1.29 is 9.59 Å². The Balaban J connectivity index is 1.53. The van der Waals surface area contributed by atoms with Gasteiger partial charge in [-0.2, -0.15) is 0 Å². The summed E-state index contributed by atoms with van der Waals surface area (Å²) in [4.78, 5) is 34.5. The van der Waals surface area contributed by atoms with Crippen LogP contribution in [0.25, 0.3) is 11.0 Å². The quantitative estimate of drug-likeness (QED) is 0.702. The van der Waals surface area contributed by atoms with E-state index in [1.165, 1.54) is 38.5 Å². The fourth-order valence-electron chi connectivity index (χ4n) is 6.15. The van der Waals surface area contributed by atoms with E-state index >= 15 is 0 Å². The van der Waals surface area contributed by atoms with Crippen LogP contribution in [0.3, 0.4) is 0 Å². The molecule has 1 aromatic heterocycles. The Morgan fingerprint density at radius 1 is 0.969 bits per heavy atom. The van der Waals surface area contributed by atoms with Crippen LogP contribution in [0.1, 0.15) is 94.6 Å². The first kappa shape index (κ1) is 21.5. The highest BCUT2D eigenvalue weighted by molar-refractivity contribution is 6.01. The van der Waals surface area contributed by atoms with Crippen LogP contribution in [0.15, 0.2) is 24.3 Å². The average molecular weight is 437 g/mol. The molecule has 0 saturated heterocycles. The number of hydrogen-bond donors (Lipinski definition) is 1. The third-order valence-corrected chi connectivity index (χ3v) is 7.93. The van der Waals surface area contributed by atoms with Gasteiger partial charge < -0.3 is 14.8 Å². The van der Waals surface area contributed by atoms with Gasteiger partial charge in [-0.25, -0.2) is 4.98 Å². The Kier molecular flexibility index (Phi) is 5.95. The summed E-state index contributed by atoms with van der Waals surface area (Å²) in [5.74, 6) is 0.401. The highest BCUT2D eigenvalue weighted by Crippen LogP contribution is 2.36. The van der Waals surface area contributed by atoms with Crippen molar-refractivity contribution in [1.82, 2.24) is 19.8 Å². The maximum absolute atomic E-state index is 13.9. The van der Waals surface area contributed by atoms with Crippen LogP contribution in [0.4, 0.5) is 0 Å². The lowest BCUT2D eigenvalue weighted by Gasteiger charge is -2.47. The van der Waals surface area contributed by atoms with Crippen molar-refractivity contribution in [3.8, 4) is 0 Å². The van der Waals surface area contributed by atoms with Gasteiger partial charge in [0, 0.05) is 12.1 Å². The molecule has 6 nitrogen and oxygen atoms in total.